The van der Waals surface area contributed by atoms with Gasteiger partial charge in [0.25, 0.3) is 0 Å². The Morgan fingerprint density at radius 2 is 0.615 bits per heavy atom. The summed E-state index contributed by atoms with van der Waals surface area (Å²) in [6, 6.07) is 58.2. The molecule has 0 N–H and O–H groups in total. The first kappa shape index (κ1) is 35.1. The maximum absolute atomic E-state index is 2.46. The van der Waals surface area contributed by atoms with E-state index in [9.17, 15) is 0 Å². The molecule has 0 heterocycles. The maximum atomic E-state index is 2.46. The molecule has 0 saturated carbocycles. The molecule has 0 spiro atoms. The summed E-state index contributed by atoms with van der Waals surface area (Å²) in [5.74, 6) is 0. The van der Waals surface area contributed by atoms with E-state index in [1.54, 1.807) is 0 Å². The van der Waals surface area contributed by atoms with Gasteiger partial charge in [-0.25, -0.2) is 0 Å². The van der Waals surface area contributed by atoms with Gasteiger partial charge < -0.3 is 9.80 Å². The van der Waals surface area contributed by atoms with Crippen LogP contribution >= 0.6 is 0 Å². The molecule has 0 amide bonds. The third-order valence-corrected chi connectivity index (χ3v) is 10.9. The van der Waals surface area contributed by atoms with Crippen LogP contribution in [0.25, 0.3) is 21.5 Å². The van der Waals surface area contributed by atoms with E-state index in [0.29, 0.717) is 0 Å². The van der Waals surface area contributed by atoms with Gasteiger partial charge in [0.15, 0.2) is 0 Å². The summed E-state index contributed by atoms with van der Waals surface area (Å²) in [4.78, 5) is 4.92. The lowest BCUT2D eigenvalue weighted by Gasteiger charge is -2.33. The molecule has 0 fully saturated rings. The van der Waals surface area contributed by atoms with E-state index in [2.05, 4.69) is 209 Å². The Morgan fingerprint density at radius 1 is 0.346 bits per heavy atom. The van der Waals surface area contributed by atoms with Gasteiger partial charge in [0.2, 0.25) is 0 Å². The number of nitrogens with zero attached hydrogens (tertiary/aromatic N) is 2. The summed E-state index contributed by atoms with van der Waals surface area (Å²) < 4.78 is 0. The van der Waals surface area contributed by atoms with Crippen LogP contribution in [0.3, 0.4) is 0 Å². The smallest absolute Gasteiger partial charge is 0.0619 e. The molecule has 0 atom stereocenters. The van der Waals surface area contributed by atoms with Crippen LogP contribution < -0.4 is 9.80 Å². The van der Waals surface area contributed by atoms with Gasteiger partial charge >= 0.3 is 0 Å². The summed E-state index contributed by atoms with van der Waals surface area (Å²) >= 11 is 0. The van der Waals surface area contributed by atoms with E-state index in [-0.39, 0.29) is 10.8 Å². The fourth-order valence-electron chi connectivity index (χ4n) is 8.19. The standard InChI is InChI=1S/C50H52N2/c1-7-35-49(3,4)37-27-31-41(32-28-37)51(39-19-11-9-12-20-39)47-43-23-15-17-25-45(43)48(46-26-18-16-24-44(46)47)52(40-21-13-10-14-22-40)42-33-29-38(30-34-42)50(5,6)36-8-2/h9-34H,7-8,35-36H2,1-6H3. The molecule has 0 aliphatic heterocycles. The van der Waals surface area contributed by atoms with Gasteiger partial charge in [-0.2, -0.15) is 0 Å². The lowest BCUT2D eigenvalue weighted by molar-refractivity contribution is 0.473. The van der Waals surface area contributed by atoms with E-state index >= 15 is 0 Å². The number of fused-ring (bicyclic) bond motifs is 2. The topological polar surface area (TPSA) is 6.48 Å². The van der Waals surface area contributed by atoms with Crippen LogP contribution in [0.15, 0.2) is 158 Å². The first-order chi connectivity index (χ1) is 25.2. The van der Waals surface area contributed by atoms with Crippen LogP contribution in [0.1, 0.15) is 78.4 Å². The highest BCUT2D eigenvalue weighted by atomic mass is 15.2. The van der Waals surface area contributed by atoms with Crippen molar-refractivity contribution in [2.75, 3.05) is 9.80 Å². The molecule has 0 aromatic heterocycles. The Kier molecular flexibility index (Phi) is 9.93. The summed E-state index contributed by atoms with van der Waals surface area (Å²) in [5.41, 5.74) is 9.93. The van der Waals surface area contributed by atoms with E-state index in [4.69, 9.17) is 0 Å². The number of anilines is 6. The van der Waals surface area contributed by atoms with Crippen molar-refractivity contribution in [1.82, 2.24) is 0 Å². The van der Waals surface area contributed by atoms with Gasteiger partial charge in [0.05, 0.1) is 11.4 Å². The molecule has 0 radical (unpaired) electrons. The van der Waals surface area contributed by atoms with Crippen LogP contribution in [0.2, 0.25) is 0 Å². The molecular formula is C50H52N2. The van der Waals surface area contributed by atoms with E-state index in [1.807, 2.05) is 0 Å². The predicted molar refractivity (Wildman–Crippen MR) is 227 cm³/mol. The highest BCUT2D eigenvalue weighted by Crippen LogP contribution is 2.51. The third kappa shape index (κ3) is 6.71. The summed E-state index contributed by atoms with van der Waals surface area (Å²) in [7, 11) is 0. The van der Waals surface area contributed by atoms with Gasteiger partial charge in [-0.1, -0.05) is 164 Å². The van der Waals surface area contributed by atoms with Crippen molar-refractivity contribution < 1.29 is 0 Å². The minimum absolute atomic E-state index is 0.122. The Labute approximate surface area is 311 Å². The quantitative estimate of drug-likeness (QED) is 0.0936. The number of rotatable bonds is 12. The second-order valence-electron chi connectivity index (χ2n) is 15.5. The highest BCUT2D eigenvalue weighted by Gasteiger charge is 2.27. The lowest BCUT2D eigenvalue weighted by Crippen LogP contribution is -2.18. The van der Waals surface area contributed by atoms with Crippen molar-refractivity contribution in [3.8, 4) is 0 Å². The molecule has 0 saturated heterocycles. The average Bonchev–Trinajstić information content (AvgIpc) is 3.17. The number of hydrogen-bond donors (Lipinski definition) is 0. The molecule has 7 aromatic carbocycles. The first-order valence-electron chi connectivity index (χ1n) is 19.1. The largest absolute Gasteiger partial charge is 0.309 e. The molecule has 0 aliphatic carbocycles. The van der Waals surface area contributed by atoms with Crippen molar-refractivity contribution in [3.63, 3.8) is 0 Å². The Balaban J connectivity index is 1.50. The molecule has 7 aromatic rings. The molecular weight excluding hydrogens is 629 g/mol. The van der Waals surface area contributed by atoms with Crippen LogP contribution in [0.4, 0.5) is 34.1 Å². The molecule has 262 valence electrons. The molecule has 7 rings (SSSR count). The normalized spacial score (nSPS) is 12.0. The fraction of sp³-hybridized carbons (Fsp3) is 0.240. The van der Waals surface area contributed by atoms with Crippen molar-refractivity contribution in [3.05, 3.63) is 169 Å². The van der Waals surface area contributed by atoms with Gasteiger partial charge in [0, 0.05) is 44.3 Å². The Morgan fingerprint density at radius 3 is 0.904 bits per heavy atom. The fourth-order valence-corrected chi connectivity index (χ4v) is 8.19. The molecule has 0 bridgehead atoms. The monoisotopic (exact) mass is 680 g/mol. The first-order valence-corrected chi connectivity index (χ1v) is 19.1. The SMILES string of the molecule is CCCC(C)(C)c1ccc(N(c2ccccc2)c2c3ccccc3c(N(c3ccccc3)c3ccc(C(C)(C)CCC)cc3)c3ccccc23)cc1. The van der Waals surface area contributed by atoms with Crippen LogP contribution in [0, 0.1) is 0 Å². The van der Waals surface area contributed by atoms with Crippen molar-refractivity contribution >= 4 is 55.7 Å². The van der Waals surface area contributed by atoms with Gasteiger partial charge in [0.1, 0.15) is 0 Å². The van der Waals surface area contributed by atoms with Crippen LogP contribution in [-0.4, -0.2) is 0 Å². The second kappa shape index (κ2) is 14.7. The minimum Gasteiger partial charge on any atom is -0.309 e. The van der Waals surface area contributed by atoms with Crippen molar-refractivity contribution in [2.24, 2.45) is 0 Å². The molecule has 0 unspecified atom stereocenters. The lowest BCUT2D eigenvalue weighted by atomic mass is 9.80. The number of hydrogen-bond acceptors (Lipinski definition) is 2. The molecule has 2 heteroatoms. The zero-order valence-corrected chi connectivity index (χ0v) is 31.7. The zero-order chi connectivity index (χ0) is 36.3. The van der Waals surface area contributed by atoms with Crippen LogP contribution in [-0.2, 0) is 10.8 Å². The highest BCUT2D eigenvalue weighted by molar-refractivity contribution is 6.23. The Bertz CT molecular complexity index is 2030. The third-order valence-electron chi connectivity index (χ3n) is 10.9. The van der Waals surface area contributed by atoms with E-state index < -0.39 is 0 Å². The summed E-state index contributed by atoms with van der Waals surface area (Å²) in [5, 5.41) is 4.82. The predicted octanol–water partition coefficient (Wildman–Crippen LogP) is 15.1. The van der Waals surface area contributed by atoms with Gasteiger partial charge in [-0.05, 0) is 83.3 Å². The summed E-state index contributed by atoms with van der Waals surface area (Å²) in [6.45, 7) is 14.0. The molecule has 2 nitrogen and oxygen atoms in total. The second-order valence-corrected chi connectivity index (χ2v) is 15.5. The van der Waals surface area contributed by atoms with Crippen molar-refractivity contribution in [1.29, 1.82) is 0 Å². The van der Waals surface area contributed by atoms with E-state index in [0.717, 1.165) is 48.4 Å². The summed E-state index contributed by atoms with van der Waals surface area (Å²) in [6.07, 6.45) is 4.64. The van der Waals surface area contributed by atoms with Gasteiger partial charge in [-0.3, -0.25) is 0 Å². The van der Waals surface area contributed by atoms with E-state index in [1.165, 1.54) is 44.0 Å². The molecule has 52 heavy (non-hydrogen) atoms. The number of benzene rings is 7. The average molecular weight is 681 g/mol. The Hall–Kier alpha value is -5.34. The van der Waals surface area contributed by atoms with Gasteiger partial charge in [-0.15, -0.1) is 0 Å². The molecule has 0 aliphatic rings. The zero-order valence-electron chi connectivity index (χ0n) is 31.7. The minimum atomic E-state index is 0.122. The van der Waals surface area contributed by atoms with Crippen molar-refractivity contribution in [2.45, 2.75) is 78.1 Å². The number of para-hydroxylation sites is 2. The maximum Gasteiger partial charge on any atom is 0.0619 e. The van der Waals surface area contributed by atoms with Crippen LogP contribution in [0.5, 0.6) is 0 Å².